The lowest BCUT2D eigenvalue weighted by Crippen LogP contribution is -2.46. The van der Waals surface area contributed by atoms with E-state index in [1.54, 1.807) is 0 Å². The van der Waals surface area contributed by atoms with Crippen LogP contribution in [0, 0.1) is 5.92 Å². The van der Waals surface area contributed by atoms with Crippen molar-refractivity contribution >= 4 is 18.0 Å². The number of hydrogen-bond donors (Lipinski definition) is 0. The molecule has 2 fully saturated rings. The SMILES string of the molecule is CC(C)C.O=CN1CCN(c2cccc(N3CCOCC3)n2)CC1. The summed E-state index contributed by atoms with van der Waals surface area (Å²) in [6.07, 6.45) is 0.926. The summed E-state index contributed by atoms with van der Waals surface area (Å²) < 4.78 is 5.37. The molecular weight excluding hydrogens is 304 g/mol. The van der Waals surface area contributed by atoms with Crippen molar-refractivity contribution in [3.63, 3.8) is 0 Å². The Labute approximate surface area is 145 Å². The van der Waals surface area contributed by atoms with Crippen LogP contribution in [0.4, 0.5) is 11.6 Å². The first-order valence-corrected chi connectivity index (χ1v) is 8.84. The molecule has 0 atom stereocenters. The lowest BCUT2D eigenvalue weighted by atomic mass is 10.3. The zero-order valence-corrected chi connectivity index (χ0v) is 15.1. The van der Waals surface area contributed by atoms with Crippen LogP contribution in [0.25, 0.3) is 0 Å². The van der Waals surface area contributed by atoms with E-state index in [4.69, 9.17) is 9.72 Å². The molecule has 6 nitrogen and oxygen atoms in total. The van der Waals surface area contributed by atoms with Gasteiger partial charge in [0.25, 0.3) is 0 Å². The molecule has 0 spiro atoms. The van der Waals surface area contributed by atoms with E-state index < -0.39 is 0 Å². The second kappa shape index (κ2) is 9.47. The molecule has 0 radical (unpaired) electrons. The Balaban J connectivity index is 0.000000471. The van der Waals surface area contributed by atoms with E-state index in [1.165, 1.54) is 0 Å². The zero-order valence-electron chi connectivity index (χ0n) is 15.1. The van der Waals surface area contributed by atoms with E-state index >= 15 is 0 Å². The molecular formula is C18H30N4O2. The highest BCUT2D eigenvalue weighted by molar-refractivity contribution is 5.51. The highest BCUT2D eigenvalue weighted by atomic mass is 16.5. The third-order valence-electron chi connectivity index (χ3n) is 3.84. The largest absolute Gasteiger partial charge is 0.378 e. The molecule has 24 heavy (non-hydrogen) atoms. The summed E-state index contributed by atoms with van der Waals surface area (Å²) in [6.45, 7) is 13.1. The fourth-order valence-electron chi connectivity index (χ4n) is 2.61. The van der Waals surface area contributed by atoms with Crippen molar-refractivity contribution in [3.05, 3.63) is 18.2 Å². The Morgan fingerprint density at radius 1 is 0.958 bits per heavy atom. The average Bonchev–Trinajstić information content (AvgIpc) is 2.62. The van der Waals surface area contributed by atoms with Gasteiger partial charge < -0.3 is 19.4 Å². The van der Waals surface area contributed by atoms with Gasteiger partial charge in [0.2, 0.25) is 6.41 Å². The van der Waals surface area contributed by atoms with Crippen molar-refractivity contribution < 1.29 is 9.53 Å². The fourth-order valence-corrected chi connectivity index (χ4v) is 2.61. The minimum atomic E-state index is 0.768. The Hall–Kier alpha value is -1.82. The first-order chi connectivity index (χ1) is 11.6. The van der Waals surface area contributed by atoms with Gasteiger partial charge in [-0.3, -0.25) is 4.79 Å². The zero-order chi connectivity index (χ0) is 17.4. The third kappa shape index (κ3) is 5.67. The monoisotopic (exact) mass is 334 g/mol. The molecule has 1 amide bonds. The summed E-state index contributed by atoms with van der Waals surface area (Å²) in [5, 5.41) is 0. The number of rotatable bonds is 3. The summed E-state index contributed by atoms with van der Waals surface area (Å²) in [5.41, 5.74) is 0. The number of carbonyl (C=O) groups is 1. The van der Waals surface area contributed by atoms with Crippen molar-refractivity contribution in [1.29, 1.82) is 0 Å². The minimum absolute atomic E-state index is 0.768. The molecule has 2 saturated heterocycles. The van der Waals surface area contributed by atoms with Gasteiger partial charge in [0, 0.05) is 39.3 Å². The van der Waals surface area contributed by atoms with E-state index in [1.807, 2.05) is 11.0 Å². The van der Waals surface area contributed by atoms with Crippen molar-refractivity contribution in [2.75, 3.05) is 62.3 Å². The van der Waals surface area contributed by atoms with E-state index in [9.17, 15) is 4.79 Å². The molecule has 134 valence electrons. The van der Waals surface area contributed by atoms with E-state index in [2.05, 4.69) is 42.7 Å². The summed E-state index contributed by atoms with van der Waals surface area (Å²) in [4.78, 5) is 21.8. The lowest BCUT2D eigenvalue weighted by molar-refractivity contribution is -0.118. The van der Waals surface area contributed by atoms with Crippen LogP contribution >= 0.6 is 0 Å². The normalized spacial score (nSPS) is 18.2. The van der Waals surface area contributed by atoms with Gasteiger partial charge in [0.1, 0.15) is 11.6 Å². The maximum absolute atomic E-state index is 10.7. The minimum Gasteiger partial charge on any atom is -0.378 e. The highest BCUT2D eigenvalue weighted by Gasteiger charge is 2.18. The smallest absolute Gasteiger partial charge is 0.209 e. The number of anilines is 2. The number of carbonyl (C=O) groups excluding carboxylic acids is 1. The molecule has 1 aromatic rings. The molecule has 0 N–H and O–H groups in total. The van der Waals surface area contributed by atoms with Crippen molar-refractivity contribution in [1.82, 2.24) is 9.88 Å². The van der Waals surface area contributed by atoms with Crippen LogP contribution in [0.5, 0.6) is 0 Å². The molecule has 3 heterocycles. The summed E-state index contributed by atoms with van der Waals surface area (Å²) in [7, 11) is 0. The highest BCUT2D eigenvalue weighted by Crippen LogP contribution is 2.19. The number of piperazine rings is 1. The molecule has 2 aliphatic heterocycles. The van der Waals surface area contributed by atoms with Crippen LogP contribution < -0.4 is 9.80 Å². The van der Waals surface area contributed by atoms with Gasteiger partial charge in [0.05, 0.1) is 13.2 Å². The molecule has 0 aromatic carbocycles. The van der Waals surface area contributed by atoms with Gasteiger partial charge in [-0.1, -0.05) is 26.8 Å². The fraction of sp³-hybridized carbons (Fsp3) is 0.667. The van der Waals surface area contributed by atoms with E-state index in [-0.39, 0.29) is 0 Å². The second-order valence-corrected chi connectivity index (χ2v) is 6.81. The number of pyridine rings is 1. The van der Waals surface area contributed by atoms with E-state index in [0.717, 1.165) is 76.4 Å². The van der Waals surface area contributed by atoms with Crippen molar-refractivity contribution in [2.45, 2.75) is 20.8 Å². The summed E-state index contributed by atoms with van der Waals surface area (Å²) >= 11 is 0. The van der Waals surface area contributed by atoms with Crippen LogP contribution in [-0.4, -0.2) is 68.8 Å². The van der Waals surface area contributed by atoms with E-state index in [0.29, 0.717) is 0 Å². The molecule has 0 unspecified atom stereocenters. The number of aromatic nitrogens is 1. The predicted octanol–water partition coefficient (Wildman–Crippen LogP) is 1.86. The van der Waals surface area contributed by atoms with Gasteiger partial charge in [0.15, 0.2) is 0 Å². The molecule has 0 bridgehead atoms. The number of morpholine rings is 1. The summed E-state index contributed by atoms with van der Waals surface area (Å²) in [6, 6.07) is 6.15. The van der Waals surface area contributed by atoms with Gasteiger partial charge in [-0.25, -0.2) is 4.98 Å². The first-order valence-electron chi connectivity index (χ1n) is 8.84. The van der Waals surface area contributed by atoms with Crippen LogP contribution in [0.3, 0.4) is 0 Å². The number of nitrogens with zero attached hydrogens (tertiary/aromatic N) is 4. The molecule has 2 aliphatic rings. The number of hydrogen-bond acceptors (Lipinski definition) is 5. The van der Waals surface area contributed by atoms with Crippen LogP contribution in [-0.2, 0) is 9.53 Å². The van der Waals surface area contributed by atoms with Crippen LogP contribution in [0.15, 0.2) is 18.2 Å². The molecule has 0 saturated carbocycles. The first kappa shape index (κ1) is 18.5. The molecule has 3 rings (SSSR count). The van der Waals surface area contributed by atoms with Gasteiger partial charge >= 0.3 is 0 Å². The number of ether oxygens (including phenoxy) is 1. The lowest BCUT2D eigenvalue weighted by Gasteiger charge is -2.34. The van der Waals surface area contributed by atoms with Crippen LogP contribution in [0.2, 0.25) is 0 Å². The Kier molecular flexibility index (Phi) is 7.31. The standard InChI is InChI=1S/C14H20N4O2.C4H10/c19-12-16-4-6-17(7-5-16)13-2-1-3-14(15-13)18-8-10-20-11-9-18;1-4(2)3/h1-3,12H,4-11H2;4H,1-3H3. The van der Waals surface area contributed by atoms with Crippen molar-refractivity contribution in [3.8, 4) is 0 Å². The van der Waals surface area contributed by atoms with Gasteiger partial charge in [-0.05, 0) is 18.1 Å². The average molecular weight is 334 g/mol. The Morgan fingerprint density at radius 3 is 1.96 bits per heavy atom. The molecule has 0 aliphatic carbocycles. The summed E-state index contributed by atoms with van der Waals surface area (Å²) in [5.74, 6) is 2.85. The Bertz CT molecular complexity index is 493. The van der Waals surface area contributed by atoms with Gasteiger partial charge in [-0.2, -0.15) is 0 Å². The number of amides is 1. The Morgan fingerprint density at radius 2 is 1.46 bits per heavy atom. The maximum Gasteiger partial charge on any atom is 0.209 e. The molecule has 1 aromatic heterocycles. The third-order valence-corrected chi connectivity index (χ3v) is 3.84. The van der Waals surface area contributed by atoms with Gasteiger partial charge in [-0.15, -0.1) is 0 Å². The quantitative estimate of drug-likeness (QED) is 0.790. The molecule has 6 heteroatoms. The van der Waals surface area contributed by atoms with Crippen molar-refractivity contribution in [2.24, 2.45) is 5.92 Å². The second-order valence-electron chi connectivity index (χ2n) is 6.81. The van der Waals surface area contributed by atoms with Crippen LogP contribution in [0.1, 0.15) is 20.8 Å². The topological polar surface area (TPSA) is 48.9 Å². The maximum atomic E-state index is 10.7. The predicted molar refractivity (Wildman–Crippen MR) is 97.6 cm³/mol.